The summed E-state index contributed by atoms with van der Waals surface area (Å²) >= 11 is 1.17. The van der Waals surface area contributed by atoms with Crippen LogP contribution < -0.4 is 10.5 Å². The third-order valence-electron chi connectivity index (χ3n) is 2.08. The summed E-state index contributed by atoms with van der Waals surface area (Å²) in [5.74, 6) is 0.290. The molecule has 0 saturated carbocycles. The summed E-state index contributed by atoms with van der Waals surface area (Å²) in [6, 6.07) is 7.31. The second-order valence-corrected chi connectivity index (χ2v) is 4.08. The number of hydrogen-bond acceptors (Lipinski definition) is 5. The molecule has 0 bridgehead atoms. The first-order valence-corrected chi connectivity index (χ1v) is 5.53. The Hall–Kier alpha value is -1.88. The van der Waals surface area contributed by atoms with Crippen LogP contribution in [0.15, 0.2) is 29.8 Å². The molecule has 4 nitrogen and oxygen atoms in total. The van der Waals surface area contributed by atoms with Gasteiger partial charge in [-0.15, -0.1) is 11.3 Å². The topological polar surface area (TPSA) is 65.2 Å². The van der Waals surface area contributed by atoms with Gasteiger partial charge in [0.2, 0.25) is 0 Å². The van der Waals surface area contributed by atoms with Gasteiger partial charge in [-0.2, -0.15) is 0 Å². The van der Waals surface area contributed by atoms with Crippen LogP contribution in [0.3, 0.4) is 0 Å². The number of hydrogen-bond donors (Lipinski definition) is 1. The summed E-state index contributed by atoms with van der Waals surface area (Å²) in [4.78, 5) is 15.8. The van der Waals surface area contributed by atoms with E-state index in [4.69, 9.17) is 10.5 Å². The van der Waals surface area contributed by atoms with Gasteiger partial charge in [0.1, 0.15) is 11.6 Å². The van der Waals surface area contributed by atoms with Crippen LogP contribution in [0, 0.1) is 6.92 Å². The highest BCUT2D eigenvalue weighted by atomic mass is 32.1. The zero-order valence-corrected chi connectivity index (χ0v) is 9.45. The Morgan fingerprint density at radius 3 is 2.81 bits per heavy atom. The fourth-order valence-corrected chi connectivity index (χ4v) is 1.81. The van der Waals surface area contributed by atoms with Gasteiger partial charge >= 0.3 is 5.97 Å². The highest BCUT2D eigenvalue weighted by molar-refractivity contribution is 7.12. The molecule has 0 unspecified atom stereocenters. The molecule has 0 aliphatic heterocycles. The van der Waals surface area contributed by atoms with Crippen molar-refractivity contribution in [2.24, 2.45) is 0 Å². The maximum atomic E-state index is 11.7. The third kappa shape index (κ3) is 2.04. The van der Waals surface area contributed by atoms with Gasteiger partial charge in [0.05, 0.1) is 5.51 Å². The second kappa shape index (κ2) is 4.32. The maximum absolute atomic E-state index is 11.7. The maximum Gasteiger partial charge on any atom is 0.357 e. The normalized spacial score (nSPS) is 10.1. The fourth-order valence-electron chi connectivity index (χ4n) is 1.22. The molecule has 0 saturated heterocycles. The summed E-state index contributed by atoms with van der Waals surface area (Å²) < 4.78 is 5.22. The second-order valence-electron chi connectivity index (χ2n) is 3.22. The molecule has 1 aromatic heterocycles. The summed E-state index contributed by atoms with van der Waals surface area (Å²) in [7, 11) is 0. The predicted molar refractivity (Wildman–Crippen MR) is 62.7 cm³/mol. The molecular formula is C11H10N2O2S. The number of benzene rings is 1. The molecule has 0 radical (unpaired) electrons. The van der Waals surface area contributed by atoms with Gasteiger partial charge in [-0.05, 0) is 18.6 Å². The van der Waals surface area contributed by atoms with Crippen molar-refractivity contribution in [1.29, 1.82) is 0 Å². The quantitative estimate of drug-likeness (QED) is 0.639. The lowest BCUT2D eigenvalue weighted by molar-refractivity contribution is 0.0739. The van der Waals surface area contributed by atoms with Crippen molar-refractivity contribution in [3.8, 4) is 5.75 Å². The van der Waals surface area contributed by atoms with Gasteiger partial charge in [-0.25, -0.2) is 9.78 Å². The number of nitrogens with zero attached hydrogens (tertiary/aromatic N) is 1. The van der Waals surface area contributed by atoms with Crippen molar-refractivity contribution in [2.75, 3.05) is 5.73 Å². The van der Waals surface area contributed by atoms with Crippen molar-refractivity contribution in [1.82, 2.24) is 4.98 Å². The molecule has 2 aromatic rings. The van der Waals surface area contributed by atoms with E-state index in [1.807, 2.05) is 25.1 Å². The van der Waals surface area contributed by atoms with Crippen molar-refractivity contribution in [3.63, 3.8) is 0 Å². The standard InChI is InChI=1S/C11H10N2O2S/c1-7-4-2-3-5-8(7)15-11(14)9-10(12)13-6-16-9/h2-6H,12H2,1H3. The summed E-state index contributed by atoms with van der Waals surface area (Å²) in [6.07, 6.45) is 0. The predicted octanol–water partition coefficient (Wildman–Crippen LogP) is 2.25. The number of carbonyl (C=O) groups excluding carboxylic acids is 1. The molecular weight excluding hydrogens is 224 g/mol. The third-order valence-corrected chi connectivity index (χ3v) is 2.90. The van der Waals surface area contributed by atoms with Gasteiger partial charge in [0.25, 0.3) is 0 Å². The molecule has 2 rings (SSSR count). The van der Waals surface area contributed by atoms with E-state index in [1.165, 1.54) is 16.8 Å². The van der Waals surface area contributed by atoms with E-state index in [0.717, 1.165) is 5.56 Å². The summed E-state index contributed by atoms with van der Waals surface area (Å²) in [5.41, 5.74) is 7.95. The molecule has 5 heteroatoms. The van der Waals surface area contributed by atoms with Crippen LogP contribution in [0.2, 0.25) is 0 Å². The molecule has 1 aromatic carbocycles. The zero-order chi connectivity index (χ0) is 11.5. The van der Waals surface area contributed by atoms with Gasteiger partial charge in [0.15, 0.2) is 4.88 Å². The first-order chi connectivity index (χ1) is 7.68. The summed E-state index contributed by atoms with van der Waals surface area (Å²) in [6.45, 7) is 1.87. The monoisotopic (exact) mass is 234 g/mol. The number of aryl methyl sites for hydroxylation is 1. The molecule has 82 valence electrons. The lowest BCUT2D eigenvalue weighted by Crippen LogP contribution is -2.09. The number of thiazole rings is 1. The molecule has 2 N–H and O–H groups in total. The molecule has 16 heavy (non-hydrogen) atoms. The molecule has 0 spiro atoms. The Balaban J connectivity index is 2.21. The van der Waals surface area contributed by atoms with E-state index >= 15 is 0 Å². The van der Waals surface area contributed by atoms with Crippen molar-refractivity contribution in [3.05, 3.63) is 40.2 Å². The summed E-state index contributed by atoms with van der Waals surface area (Å²) in [5, 5.41) is 0. The Morgan fingerprint density at radius 1 is 1.44 bits per heavy atom. The minimum atomic E-state index is -0.464. The fraction of sp³-hybridized carbons (Fsp3) is 0.0909. The number of carbonyl (C=O) groups is 1. The van der Waals surface area contributed by atoms with Gasteiger partial charge < -0.3 is 10.5 Å². The van der Waals surface area contributed by atoms with Crippen molar-refractivity contribution in [2.45, 2.75) is 6.92 Å². The van der Waals surface area contributed by atoms with Crippen molar-refractivity contribution < 1.29 is 9.53 Å². The number of esters is 1. The number of anilines is 1. The Morgan fingerprint density at radius 2 is 2.19 bits per heavy atom. The highest BCUT2D eigenvalue weighted by Gasteiger charge is 2.15. The average molecular weight is 234 g/mol. The average Bonchev–Trinajstić information content (AvgIpc) is 2.68. The Bertz CT molecular complexity index is 522. The minimum Gasteiger partial charge on any atom is -0.422 e. The van der Waals surface area contributed by atoms with E-state index in [2.05, 4.69) is 4.98 Å². The number of nitrogens with two attached hydrogens (primary N) is 1. The number of aromatic nitrogens is 1. The van der Waals surface area contributed by atoms with E-state index in [1.54, 1.807) is 6.07 Å². The number of nitrogen functional groups attached to an aromatic ring is 1. The molecule has 0 atom stereocenters. The smallest absolute Gasteiger partial charge is 0.357 e. The first kappa shape index (κ1) is 10.6. The highest BCUT2D eigenvalue weighted by Crippen LogP contribution is 2.21. The van der Waals surface area contributed by atoms with Crippen LogP contribution in [0.1, 0.15) is 15.2 Å². The van der Waals surface area contributed by atoms with E-state index in [0.29, 0.717) is 10.6 Å². The molecule has 0 aliphatic rings. The molecule has 1 heterocycles. The van der Waals surface area contributed by atoms with Crippen LogP contribution in [0.25, 0.3) is 0 Å². The van der Waals surface area contributed by atoms with Crippen LogP contribution >= 0.6 is 11.3 Å². The minimum absolute atomic E-state index is 0.212. The number of para-hydroxylation sites is 1. The number of ether oxygens (including phenoxy) is 1. The Labute approximate surface area is 96.7 Å². The van der Waals surface area contributed by atoms with E-state index in [-0.39, 0.29) is 5.82 Å². The first-order valence-electron chi connectivity index (χ1n) is 4.65. The van der Waals surface area contributed by atoms with Gasteiger partial charge in [-0.1, -0.05) is 18.2 Å². The van der Waals surface area contributed by atoms with Crippen LogP contribution in [0.5, 0.6) is 5.75 Å². The van der Waals surface area contributed by atoms with Crippen LogP contribution in [-0.2, 0) is 0 Å². The van der Waals surface area contributed by atoms with Crippen molar-refractivity contribution >= 4 is 23.1 Å². The van der Waals surface area contributed by atoms with Crippen LogP contribution in [-0.4, -0.2) is 11.0 Å². The molecule has 0 amide bonds. The lowest BCUT2D eigenvalue weighted by Gasteiger charge is -2.05. The van der Waals surface area contributed by atoms with E-state index in [9.17, 15) is 4.79 Å². The Kier molecular flexibility index (Phi) is 2.87. The largest absolute Gasteiger partial charge is 0.422 e. The van der Waals surface area contributed by atoms with E-state index < -0.39 is 5.97 Å². The lowest BCUT2D eigenvalue weighted by atomic mass is 10.2. The van der Waals surface area contributed by atoms with Gasteiger partial charge in [-0.3, -0.25) is 0 Å². The zero-order valence-electron chi connectivity index (χ0n) is 8.64. The van der Waals surface area contributed by atoms with Gasteiger partial charge in [0, 0.05) is 0 Å². The molecule has 0 fully saturated rings. The molecule has 0 aliphatic carbocycles. The van der Waals surface area contributed by atoms with Crippen LogP contribution in [0.4, 0.5) is 5.82 Å². The number of rotatable bonds is 2. The SMILES string of the molecule is Cc1ccccc1OC(=O)c1scnc1N.